The monoisotopic (exact) mass is 407 g/mol. The van der Waals surface area contributed by atoms with Crippen molar-refractivity contribution in [1.82, 2.24) is 0 Å². The maximum Gasteiger partial charge on any atom is 0.341 e. The number of nitrogens with one attached hydrogen (secondary N) is 1. The van der Waals surface area contributed by atoms with Gasteiger partial charge in [0, 0.05) is 16.4 Å². The van der Waals surface area contributed by atoms with Gasteiger partial charge in [0.2, 0.25) is 5.91 Å². The molecule has 2 aromatic carbocycles. The van der Waals surface area contributed by atoms with E-state index in [1.807, 2.05) is 79.9 Å². The largest absolute Gasteiger partial charge is 0.462 e. The number of carbonyl (C=O) groups is 2. The first-order chi connectivity index (χ1) is 13.9. The quantitative estimate of drug-likeness (QED) is 0.504. The van der Waals surface area contributed by atoms with Crippen molar-refractivity contribution in [3.8, 4) is 11.1 Å². The van der Waals surface area contributed by atoms with E-state index in [0.29, 0.717) is 17.0 Å². The van der Waals surface area contributed by atoms with Gasteiger partial charge in [-0.25, -0.2) is 4.79 Å². The van der Waals surface area contributed by atoms with E-state index in [1.54, 1.807) is 6.92 Å². The molecular weight excluding hydrogens is 382 g/mol. The molecule has 0 unspecified atom stereocenters. The van der Waals surface area contributed by atoms with Crippen LogP contribution in [0.1, 0.15) is 36.7 Å². The molecule has 0 fully saturated rings. The fourth-order valence-corrected chi connectivity index (χ4v) is 4.10. The topological polar surface area (TPSA) is 55.4 Å². The standard InChI is InChI=1S/C24H25NO3S/c1-4-28-22(26)20-19(18-13-9-6-10-14-18)16-29-21(20)25-23(27)24(2,3)15-17-11-7-5-8-12-17/h5-14,16H,4,15H2,1-3H3,(H,25,27). The lowest BCUT2D eigenvalue weighted by Crippen LogP contribution is -2.33. The van der Waals surface area contributed by atoms with Crippen molar-refractivity contribution in [3.63, 3.8) is 0 Å². The van der Waals surface area contributed by atoms with Gasteiger partial charge in [-0.1, -0.05) is 74.5 Å². The lowest BCUT2D eigenvalue weighted by molar-refractivity contribution is -0.123. The zero-order valence-electron chi connectivity index (χ0n) is 16.9. The molecule has 29 heavy (non-hydrogen) atoms. The molecule has 0 aliphatic carbocycles. The summed E-state index contributed by atoms with van der Waals surface area (Å²) in [5, 5.41) is 5.39. The number of benzene rings is 2. The van der Waals surface area contributed by atoms with Crippen molar-refractivity contribution in [2.24, 2.45) is 5.41 Å². The maximum absolute atomic E-state index is 13.1. The van der Waals surface area contributed by atoms with E-state index < -0.39 is 11.4 Å². The number of rotatable bonds is 7. The molecule has 0 saturated heterocycles. The number of carbonyl (C=O) groups excluding carboxylic acids is 2. The number of thiophene rings is 1. The summed E-state index contributed by atoms with van der Waals surface area (Å²) in [4.78, 5) is 25.7. The van der Waals surface area contributed by atoms with E-state index in [0.717, 1.165) is 16.7 Å². The van der Waals surface area contributed by atoms with Gasteiger partial charge < -0.3 is 10.1 Å². The van der Waals surface area contributed by atoms with Crippen molar-refractivity contribution in [2.75, 3.05) is 11.9 Å². The zero-order valence-corrected chi connectivity index (χ0v) is 17.7. The molecule has 0 aliphatic rings. The van der Waals surface area contributed by atoms with Gasteiger partial charge in [-0.2, -0.15) is 0 Å². The first-order valence-corrected chi connectivity index (χ1v) is 10.5. The molecule has 1 aromatic heterocycles. The normalized spacial score (nSPS) is 11.1. The van der Waals surface area contributed by atoms with Crippen LogP contribution in [0.2, 0.25) is 0 Å². The van der Waals surface area contributed by atoms with Gasteiger partial charge in [0.15, 0.2) is 0 Å². The number of hydrogen-bond donors (Lipinski definition) is 1. The lowest BCUT2D eigenvalue weighted by atomic mass is 9.85. The van der Waals surface area contributed by atoms with E-state index in [1.165, 1.54) is 11.3 Å². The van der Waals surface area contributed by atoms with Gasteiger partial charge in [-0.3, -0.25) is 4.79 Å². The summed E-state index contributed by atoms with van der Waals surface area (Å²) < 4.78 is 5.27. The van der Waals surface area contributed by atoms with Crippen molar-refractivity contribution < 1.29 is 14.3 Å². The first-order valence-electron chi connectivity index (χ1n) is 9.62. The number of ether oxygens (including phenoxy) is 1. The van der Waals surface area contributed by atoms with Crippen LogP contribution >= 0.6 is 11.3 Å². The molecule has 3 rings (SSSR count). The Morgan fingerprint density at radius 2 is 1.62 bits per heavy atom. The third-order valence-corrected chi connectivity index (χ3v) is 5.58. The van der Waals surface area contributed by atoms with Gasteiger partial charge in [0.05, 0.1) is 6.61 Å². The Kier molecular flexibility index (Phi) is 6.49. The predicted molar refractivity (Wildman–Crippen MR) is 118 cm³/mol. The van der Waals surface area contributed by atoms with E-state index in [-0.39, 0.29) is 12.5 Å². The van der Waals surface area contributed by atoms with Crippen LogP contribution in [0.15, 0.2) is 66.0 Å². The fourth-order valence-electron chi connectivity index (χ4n) is 3.14. The van der Waals surface area contributed by atoms with Crippen LogP contribution in [0.3, 0.4) is 0 Å². The molecular formula is C24H25NO3S. The predicted octanol–water partition coefficient (Wildman–Crippen LogP) is 5.80. The molecule has 0 spiro atoms. The number of hydrogen-bond acceptors (Lipinski definition) is 4. The summed E-state index contributed by atoms with van der Waals surface area (Å²) in [6.45, 7) is 5.86. The minimum atomic E-state index is -0.635. The fraction of sp³-hybridized carbons (Fsp3) is 0.250. The number of amides is 1. The molecule has 5 heteroatoms. The SMILES string of the molecule is CCOC(=O)c1c(-c2ccccc2)csc1NC(=O)C(C)(C)Cc1ccccc1. The molecule has 0 atom stereocenters. The van der Waals surface area contributed by atoms with Gasteiger partial charge >= 0.3 is 5.97 Å². The number of anilines is 1. The lowest BCUT2D eigenvalue weighted by Gasteiger charge is -2.23. The molecule has 0 saturated carbocycles. The van der Waals surface area contributed by atoms with Crippen molar-refractivity contribution >= 4 is 28.2 Å². The van der Waals surface area contributed by atoms with Crippen LogP contribution in [0.5, 0.6) is 0 Å². The van der Waals surface area contributed by atoms with E-state index >= 15 is 0 Å². The third kappa shape index (κ3) is 4.93. The van der Waals surface area contributed by atoms with Crippen LogP contribution in [0.25, 0.3) is 11.1 Å². The highest BCUT2D eigenvalue weighted by atomic mass is 32.1. The molecule has 1 N–H and O–H groups in total. The summed E-state index contributed by atoms with van der Waals surface area (Å²) >= 11 is 1.34. The minimum absolute atomic E-state index is 0.131. The van der Waals surface area contributed by atoms with Crippen LogP contribution in [-0.4, -0.2) is 18.5 Å². The Morgan fingerprint density at radius 3 is 2.24 bits per heavy atom. The third-order valence-electron chi connectivity index (χ3n) is 4.69. The van der Waals surface area contributed by atoms with Crippen molar-refractivity contribution in [3.05, 3.63) is 77.2 Å². The van der Waals surface area contributed by atoms with Crippen molar-refractivity contribution in [2.45, 2.75) is 27.2 Å². The first kappa shape index (κ1) is 20.8. The van der Waals surface area contributed by atoms with Crippen LogP contribution in [0, 0.1) is 5.41 Å². The molecule has 0 aliphatic heterocycles. The number of esters is 1. The van der Waals surface area contributed by atoms with Gasteiger partial charge in [0.1, 0.15) is 10.6 Å². The highest BCUT2D eigenvalue weighted by molar-refractivity contribution is 7.15. The zero-order chi connectivity index (χ0) is 20.9. The highest BCUT2D eigenvalue weighted by Gasteiger charge is 2.30. The van der Waals surface area contributed by atoms with E-state index in [9.17, 15) is 9.59 Å². The smallest absolute Gasteiger partial charge is 0.341 e. The summed E-state index contributed by atoms with van der Waals surface area (Å²) in [5.74, 6) is -0.558. The highest BCUT2D eigenvalue weighted by Crippen LogP contribution is 2.37. The second-order valence-electron chi connectivity index (χ2n) is 7.44. The average molecular weight is 408 g/mol. The van der Waals surface area contributed by atoms with Gasteiger partial charge in [0.25, 0.3) is 0 Å². The maximum atomic E-state index is 13.1. The van der Waals surface area contributed by atoms with Crippen LogP contribution in [0.4, 0.5) is 5.00 Å². The van der Waals surface area contributed by atoms with Crippen molar-refractivity contribution in [1.29, 1.82) is 0 Å². The Balaban J connectivity index is 1.89. The van der Waals surface area contributed by atoms with Gasteiger partial charge in [-0.05, 0) is 24.5 Å². The Labute approximate surface area is 175 Å². The minimum Gasteiger partial charge on any atom is -0.462 e. The molecule has 3 aromatic rings. The second-order valence-corrected chi connectivity index (χ2v) is 8.32. The summed E-state index contributed by atoms with van der Waals surface area (Å²) in [6.07, 6.45) is 0.603. The summed E-state index contributed by atoms with van der Waals surface area (Å²) in [6, 6.07) is 19.6. The molecule has 1 heterocycles. The van der Waals surface area contributed by atoms with Gasteiger partial charge in [-0.15, -0.1) is 11.3 Å². The van der Waals surface area contributed by atoms with Crippen LogP contribution < -0.4 is 5.32 Å². The molecule has 1 amide bonds. The Morgan fingerprint density at radius 1 is 1.00 bits per heavy atom. The molecule has 0 bridgehead atoms. The summed E-state index contributed by atoms with van der Waals surface area (Å²) in [7, 11) is 0. The summed E-state index contributed by atoms with van der Waals surface area (Å²) in [5.41, 5.74) is 2.55. The Hall–Kier alpha value is -2.92. The van der Waals surface area contributed by atoms with E-state index in [4.69, 9.17) is 4.74 Å². The van der Waals surface area contributed by atoms with E-state index in [2.05, 4.69) is 5.32 Å². The average Bonchev–Trinajstić information content (AvgIpc) is 3.13. The van der Waals surface area contributed by atoms with Crippen LogP contribution in [-0.2, 0) is 16.0 Å². The Bertz CT molecular complexity index is 978. The second kappa shape index (κ2) is 9.05. The molecule has 150 valence electrons. The molecule has 4 nitrogen and oxygen atoms in total. The molecule has 0 radical (unpaired) electrons.